The topological polar surface area (TPSA) is 17.8 Å². The van der Waals surface area contributed by atoms with E-state index in [2.05, 4.69) is 16.5 Å². The van der Waals surface area contributed by atoms with Crippen molar-refractivity contribution in [1.29, 1.82) is 0 Å². The Bertz CT molecular complexity index is 431. The summed E-state index contributed by atoms with van der Waals surface area (Å²) in [5.41, 5.74) is 1.09. The van der Waals surface area contributed by atoms with Gasteiger partial charge in [-0.05, 0) is 17.7 Å². The van der Waals surface area contributed by atoms with E-state index in [0.29, 0.717) is 0 Å². The molecule has 78 valence electrons. The Hall–Kier alpha value is -1.64. The molecule has 0 unspecified atom stereocenters. The van der Waals surface area contributed by atoms with Gasteiger partial charge in [-0.2, -0.15) is 0 Å². The van der Waals surface area contributed by atoms with Crippen LogP contribution in [0.4, 0.5) is 4.39 Å². The first-order valence-corrected chi connectivity index (χ1v) is 5.04. The van der Waals surface area contributed by atoms with Gasteiger partial charge in [-0.15, -0.1) is 0 Å². The largest absolute Gasteiger partial charge is 0.331 e. The van der Waals surface area contributed by atoms with Crippen molar-refractivity contribution in [3.63, 3.8) is 0 Å². The van der Waals surface area contributed by atoms with Crippen LogP contribution in [0.5, 0.6) is 0 Å². The summed E-state index contributed by atoms with van der Waals surface area (Å²) in [5, 5.41) is 0. The van der Waals surface area contributed by atoms with E-state index in [4.69, 9.17) is 0 Å². The predicted octanol–water partition coefficient (Wildman–Crippen LogP) is 2.63. The minimum Gasteiger partial charge on any atom is -0.331 e. The Labute approximate surface area is 88.4 Å². The van der Waals surface area contributed by atoms with Crippen LogP contribution in [-0.2, 0) is 13.0 Å². The van der Waals surface area contributed by atoms with Gasteiger partial charge < -0.3 is 4.57 Å². The predicted molar refractivity (Wildman–Crippen MR) is 57.1 cm³/mol. The fraction of sp³-hybridized carbons (Fsp3) is 0.250. The van der Waals surface area contributed by atoms with Crippen LogP contribution >= 0.6 is 0 Å². The van der Waals surface area contributed by atoms with E-state index in [1.807, 2.05) is 6.20 Å². The van der Waals surface area contributed by atoms with Crippen LogP contribution in [0.3, 0.4) is 0 Å². The second-order valence-electron chi connectivity index (χ2n) is 3.45. The summed E-state index contributed by atoms with van der Waals surface area (Å²) in [5.74, 6) is 0.861. The molecule has 0 saturated carbocycles. The number of benzene rings is 1. The van der Waals surface area contributed by atoms with Crippen LogP contribution < -0.4 is 0 Å². The monoisotopic (exact) mass is 204 g/mol. The lowest BCUT2D eigenvalue weighted by Gasteiger charge is -2.06. The maximum absolute atomic E-state index is 12.7. The average Bonchev–Trinajstić information content (AvgIpc) is 2.69. The first-order valence-electron chi connectivity index (χ1n) is 5.04. The maximum Gasteiger partial charge on any atom is 0.123 e. The van der Waals surface area contributed by atoms with E-state index < -0.39 is 0 Å². The van der Waals surface area contributed by atoms with Gasteiger partial charge in [0.05, 0.1) is 0 Å². The molecule has 0 bridgehead atoms. The third-order valence-corrected chi connectivity index (χ3v) is 2.38. The van der Waals surface area contributed by atoms with Gasteiger partial charge in [0.1, 0.15) is 11.6 Å². The molecule has 1 heterocycles. The summed E-state index contributed by atoms with van der Waals surface area (Å²) in [6.45, 7) is 2.83. The molecular formula is C12H13FN2. The molecule has 15 heavy (non-hydrogen) atoms. The van der Waals surface area contributed by atoms with Crippen molar-refractivity contribution in [3.05, 3.63) is 53.9 Å². The number of halogens is 1. The Morgan fingerprint density at radius 3 is 2.67 bits per heavy atom. The lowest BCUT2D eigenvalue weighted by molar-refractivity contribution is 0.626. The van der Waals surface area contributed by atoms with Gasteiger partial charge in [0, 0.05) is 25.4 Å². The molecule has 0 atom stereocenters. The minimum atomic E-state index is -0.194. The Balaban J connectivity index is 2.18. The fourth-order valence-electron chi connectivity index (χ4n) is 1.58. The van der Waals surface area contributed by atoms with Gasteiger partial charge in [-0.3, -0.25) is 0 Å². The molecule has 2 rings (SSSR count). The van der Waals surface area contributed by atoms with Gasteiger partial charge in [-0.1, -0.05) is 19.1 Å². The molecule has 0 aliphatic rings. The second-order valence-corrected chi connectivity index (χ2v) is 3.45. The number of aryl methyl sites for hydroxylation is 1. The van der Waals surface area contributed by atoms with Crippen molar-refractivity contribution in [3.8, 4) is 0 Å². The third kappa shape index (κ3) is 2.24. The number of aromatic nitrogens is 2. The first kappa shape index (κ1) is 9.90. The number of hydrogen-bond acceptors (Lipinski definition) is 1. The zero-order valence-electron chi connectivity index (χ0n) is 8.65. The van der Waals surface area contributed by atoms with Crippen molar-refractivity contribution in [2.24, 2.45) is 0 Å². The smallest absolute Gasteiger partial charge is 0.123 e. The van der Waals surface area contributed by atoms with Crippen LogP contribution in [0.2, 0.25) is 0 Å². The number of imidazole rings is 1. The molecule has 0 aliphatic carbocycles. The summed E-state index contributed by atoms with van der Waals surface area (Å²) < 4.78 is 14.8. The number of rotatable bonds is 3. The first-order chi connectivity index (χ1) is 7.29. The lowest BCUT2D eigenvalue weighted by Crippen LogP contribution is -2.03. The van der Waals surface area contributed by atoms with Crippen LogP contribution in [0, 0.1) is 5.82 Å². The maximum atomic E-state index is 12.7. The van der Waals surface area contributed by atoms with Gasteiger partial charge in [0.15, 0.2) is 0 Å². The molecular weight excluding hydrogens is 191 g/mol. The molecule has 0 saturated heterocycles. The SMILES string of the molecule is CCc1nccn1Cc1ccc(F)cc1. The summed E-state index contributed by atoms with van der Waals surface area (Å²) in [4.78, 5) is 4.24. The van der Waals surface area contributed by atoms with Crippen molar-refractivity contribution in [2.75, 3.05) is 0 Å². The Morgan fingerprint density at radius 1 is 1.27 bits per heavy atom. The fourth-order valence-corrected chi connectivity index (χ4v) is 1.58. The standard InChI is InChI=1S/C12H13FN2/c1-2-12-14-7-8-15(12)9-10-3-5-11(13)6-4-10/h3-8H,2,9H2,1H3. The highest BCUT2D eigenvalue weighted by molar-refractivity contribution is 5.17. The molecule has 0 radical (unpaired) electrons. The molecule has 1 aromatic heterocycles. The normalized spacial score (nSPS) is 10.5. The highest BCUT2D eigenvalue weighted by atomic mass is 19.1. The van der Waals surface area contributed by atoms with Crippen molar-refractivity contribution >= 4 is 0 Å². The van der Waals surface area contributed by atoms with E-state index >= 15 is 0 Å². The molecule has 0 N–H and O–H groups in total. The average molecular weight is 204 g/mol. The summed E-state index contributed by atoms with van der Waals surface area (Å²) >= 11 is 0. The summed E-state index contributed by atoms with van der Waals surface area (Å²) in [6.07, 6.45) is 4.65. The third-order valence-electron chi connectivity index (χ3n) is 2.38. The zero-order chi connectivity index (χ0) is 10.7. The van der Waals surface area contributed by atoms with E-state index in [1.165, 1.54) is 12.1 Å². The van der Waals surface area contributed by atoms with Crippen molar-refractivity contribution < 1.29 is 4.39 Å². The van der Waals surface area contributed by atoms with Gasteiger partial charge in [0.2, 0.25) is 0 Å². The van der Waals surface area contributed by atoms with Gasteiger partial charge in [0.25, 0.3) is 0 Å². The van der Waals surface area contributed by atoms with E-state index in [9.17, 15) is 4.39 Å². The van der Waals surface area contributed by atoms with E-state index in [0.717, 1.165) is 24.4 Å². The molecule has 2 aromatic rings. The highest BCUT2D eigenvalue weighted by Crippen LogP contribution is 2.07. The van der Waals surface area contributed by atoms with Crippen molar-refractivity contribution in [2.45, 2.75) is 19.9 Å². The Morgan fingerprint density at radius 2 is 2.00 bits per heavy atom. The second kappa shape index (κ2) is 4.26. The number of nitrogens with zero attached hydrogens (tertiary/aromatic N) is 2. The number of hydrogen-bond donors (Lipinski definition) is 0. The minimum absolute atomic E-state index is 0.194. The van der Waals surface area contributed by atoms with Gasteiger partial charge in [-0.25, -0.2) is 9.37 Å². The van der Waals surface area contributed by atoms with Gasteiger partial charge >= 0.3 is 0 Å². The summed E-state index contributed by atoms with van der Waals surface area (Å²) in [6, 6.07) is 6.57. The van der Waals surface area contributed by atoms with Crippen LogP contribution in [0.15, 0.2) is 36.7 Å². The highest BCUT2D eigenvalue weighted by Gasteiger charge is 2.00. The molecule has 1 aromatic carbocycles. The van der Waals surface area contributed by atoms with E-state index in [1.54, 1.807) is 18.3 Å². The lowest BCUT2D eigenvalue weighted by atomic mass is 10.2. The van der Waals surface area contributed by atoms with Crippen LogP contribution in [0.1, 0.15) is 18.3 Å². The molecule has 0 aliphatic heterocycles. The Kier molecular flexibility index (Phi) is 2.81. The van der Waals surface area contributed by atoms with Crippen LogP contribution in [-0.4, -0.2) is 9.55 Å². The van der Waals surface area contributed by atoms with E-state index in [-0.39, 0.29) is 5.82 Å². The quantitative estimate of drug-likeness (QED) is 0.751. The van der Waals surface area contributed by atoms with Crippen molar-refractivity contribution in [1.82, 2.24) is 9.55 Å². The molecule has 0 spiro atoms. The molecule has 0 amide bonds. The van der Waals surface area contributed by atoms with Crippen LogP contribution in [0.25, 0.3) is 0 Å². The molecule has 0 fully saturated rings. The zero-order valence-corrected chi connectivity index (χ0v) is 8.65. The summed E-state index contributed by atoms with van der Waals surface area (Å²) in [7, 11) is 0. The molecule has 2 nitrogen and oxygen atoms in total. The molecule has 3 heteroatoms.